The summed E-state index contributed by atoms with van der Waals surface area (Å²) >= 11 is 0. The first kappa shape index (κ1) is 8.45. The Morgan fingerprint density at radius 1 is 1.30 bits per heavy atom. The van der Waals surface area contributed by atoms with Gasteiger partial charge < -0.3 is 0 Å². The van der Waals surface area contributed by atoms with E-state index in [4.69, 9.17) is 0 Å². The normalized spacial score (nSPS) is 21.0. The van der Waals surface area contributed by atoms with Gasteiger partial charge in [0.05, 0.1) is 13.3 Å². The molecule has 0 aromatic rings. The van der Waals surface area contributed by atoms with E-state index in [1.807, 2.05) is 0 Å². The highest BCUT2D eigenvalue weighted by Crippen LogP contribution is 2.13. The van der Waals surface area contributed by atoms with Gasteiger partial charge in [-0.2, -0.15) is 0 Å². The molecule has 0 aliphatic carbocycles. The molecule has 10 heavy (non-hydrogen) atoms. The lowest BCUT2D eigenvalue weighted by molar-refractivity contribution is 0.0464. The van der Waals surface area contributed by atoms with Crippen LogP contribution in [-0.2, 0) is 0 Å². The molecule has 0 amide bonds. The van der Waals surface area contributed by atoms with Crippen LogP contribution in [0.4, 0.5) is 0 Å². The minimum Gasteiger partial charge on any atom is -0.277 e. The van der Waals surface area contributed by atoms with E-state index in [0.717, 1.165) is 13.3 Å². The van der Waals surface area contributed by atoms with E-state index in [2.05, 4.69) is 25.9 Å². The quantitative estimate of drug-likeness (QED) is 0.454. The first-order valence-corrected chi connectivity index (χ1v) is 4.56. The maximum absolute atomic E-state index is 2.71. The summed E-state index contributed by atoms with van der Waals surface area (Å²) in [5.74, 6) is 0. The molecule has 0 aromatic heterocycles. The molecule has 0 N–H and O–H groups in total. The van der Waals surface area contributed by atoms with Crippen molar-refractivity contribution in [3.05, 3.63) is 0 Å². The molecule has 60 valence electrons. The Labute approximate surface area is 65.8 Å². The van der Waals surface area contributed by atoms with Gasteiger partial charge in [0, 0.05) is 6.54 Å². The Hall–Kier alpha value is 0.350. The Morgan fingerprint density at radius 2 is 2.00 bits per heavy atom. The Bertz CT molecular complexity index is 91.6. The molecule has 3 heteroatoms. The van der Waals surface area contributed by atoms with Crippen LogP contribution in [0.15, 0.2) is 0 Å². The molecule has 0 radical (unpaired) electrons. The van der Waals surface area contributed by atoms with Crippen LogP contribution in [0.2, 0.25) is 0 Å². The molecule has 1 unspecified atom stereocenters. The lowest BCUT2D eigenvalue weighted by atomic mass is 10.2. The molecule has 1 heterocycles. The van der Waals surface area contributed by atoms with E-state index in [1.165, 1.54) is 25.8 Å². The number of unbranched alkanes of at least 4 members (excludes halogenated alkanes) is 2. The number of nitrogens with zero attached hydrogens (tertiary/aromatic N) is 2. The van der Waals surface area contributed by atoms with Gasteiger partial charge in [-0.05, 0) is 6.42 Å². The van der Waals surface area contributed by atoms with E-state index >= 15 is 0 Å². The minimum atomic E-state index is 1.15. The second-order valence-corrected chi connectivity index (χ2v) is 3.70. The summed E-state index contributed by atoms with van der Waals surface area (Å²) in [6.45, 7) is 5.83. The largest absolute Gasteiger partial charge is 0.277 e. The highest BCUT2D eigenvalue weighted by Gasteiger charge is 2.18. The molecule has 0 bridgehead atoms. The zero-order valence-electron chi connectivity index (χ0n) is 6.71. The lowest BCUT2D eigenvalue weighted by Crippen LogP contribution is -2.49. The van der Waals surface area contributed by atoms with Crippen molar-refractivity contribution >= 4 is 9.39 Å². The fourth-order valence-electron chi connectivity index (χ4n) is 1.20. The SMILES string of the molecule is CCCCCN1CN(P)C1. The number of rotatable bonds is 4. The topological polar surface area (TPSA) is 6.48 Å². The fraction of sp³-hybridized carbons (Fsp3) is 1.00. The number of hydrogen-bond donors (Lipinski definition) is 0. The molecule has 1 atom stereocenters. The van der Waals surface area contributed by atoms with E-state index in [9.17, 15) is 0 Å². The monoisotopic (exact) mass is 160 g/mol. The minimum absolute atomic E-state index is 1.15. The maximum Gasteiger partial charge on any atom is 0.0562 e. The molecule has 0 spiro atoms. The van der Waals surface area contributed by atoms with Gasteiger partial charge in [-0.1, -0.05) is 29.2 Å². The van der Waals surface area contributed by atoms with E-state index in [1.54, 1.807) is 0 Å². The molecule has 0 saturated carbocycles. The predicted octanol–water partition coefficient (Wildman–Crippen LogP) is 1.50. The van der Waals surface area contributed by atoms with Crippen LogP contribution in [0.25, 0.3) is 0 Å². The zero-order chi connectivity index (χ0) is 7.40. The predicted molar refractivity (Wildman–Crippen MR) is 47.5 cm³/mol. The third-order valence-electron chi connectivity index (χ3n) is 1.84. The summed E-state index contributed by atoms with van der Waals surface area (Å²) < 4.78 is 2.24. The van der Waals surface area contributed by atoms with Crippen LogP contribution in [0.1, 0.15) is 26.2 Å². The smallest absolute Gasteiger partial charge is 0.0562 e. The van der Waals surface area contributed by atoms with Gasteiger partial charge in [-0.15, -0.1) is 0 Å². The molecule has 1 aliphatic rings. The first-order valence-electron chi connectivity index (χ1n) is 4.05. The second-order valence-electron chi connectivity index (χ2n) is 2.97. The van der Waals surface area contributed by atoms with Gasteiger partial charge in [0.25, 0.3) is 0 Å². The van der Waals surface area contributed by atoms with Gasteiger partial charge in [0.1, 0.15) is 0 Å². The molecular weight excluding hydrogens is 143 g/mol. The van der Waals surface area contributed by atoms with Gasteiger partial charge >= 0.3 is 0 Å². The van der Waals surface area contributed by atoms with Crippen molar-refractivity contribution in [2.75, 3.05) is 19.9 Å². The summed E-state index contributed by atoms with van der Waals surface area (Å²) in [6, 6.07) is 0. The van der Waals surface area contributed by atoms with Crippen molar-refractivity contribution in [1.82, 2.24) is 9.57 Å². The zero-order valence-corrected chi connectivity index (χ0v) is 7.87. The molecule has 2 nitrogen and oxygen atoms in total. The summed E-state index contributed by atoms with van der Waals surface area (Å²) in [5.41, 5.74) is 0. The van der Waals surface area contributed by atoms with Crippen molar-refractivity contribution < 1.29 is 0 Å². The van der Waals surface area contributed by atoms with E-state index < -0.39 is 0 Å². The van der Waals surface area contributed by atoms with Crippen molar-refractivity contribution in [1.29, 1.82) is 0 Å². The molecule has 1 rings (SSSR count). The van der Waals surface area contributed by atoms with Gasteiger partial charge in [-0.25, -0.2) is 0 Å². The average molecular weight is 160 g/mol. The van der Waals surface area contributed by atoms with Crippen LogP contribution in [0.5, 0.6) is 0 Å². The third kappa shape index (κ3) is 2.53. The van der Waals surface area contributed by atoms with Crippen molar-refractivity contribution in [2.24, 2.45) is 0 Å². The second kappa shape index (κ2) is 4.27. The molecular formula is C7H17N2P. The van der Waals surface area contributed by atoms with Crippen LogP contribution >= 0.6 is 9.39 Å². The van der Waals surface area contributed by atoms with E-state index in [0.29, 0.717) is 0 Å². The highest BCUT2D eigenvalue weighted by atomic mass is 31.0. The van der Waals surface area contributed by atoms with Crippen molar-refractivity contribution in [3.8, 4) is 0 Å². The molecule has 0 aromatic carbocycles. The molecule has 1 aliphatic heterocycles. The van der Waals surface area contributed by atoms with Crippen molar-refractivity contribution in [2.45, 2.75) is 26.2 Å². The Balaban J connectivity index is 1.86. The van der Waals surface area contributed by atoms with Crippen LogP contribution < -0.4 is 0 Å². The number of hydrogen-bond acceptors (Lipinski definition) is 2. The molecule has 1 saturated heterocycles. The fourth-order valence-corrected chi connectivity index (χ4v) is 1.66. The summed E-state index contributed by atoms with van der Waals surface area (Å²) in [4.78, 5) is 2.46. The van der Waals surface area contributed by atoms with Crippen LogP contribution in [-0.4, -0.2) is 29.5 Å². The standard InChI is InChI=1S/C7H17N2P/c1-2-3-4-5-8-6-9(10)7-8/h2-7,10H2,1H3. The first-order chi connectivity index (χ1) is 4.83. The highest BCUT2D eigenvalue weighted by molar-refractivity contribution is 7.13. The summed E-state index contributed by atoms with van der Waals surface area (Å²) in [5, 5.41) is 0. The van der Waals surface area contributed by atoms with E-state index in [-0.39, 0.29) is 0 Å². The lowest BCUT2D eigenvalue weighted by Gasteiger charge is -2.39. The molecule has 1 fully saturated rings. The maximum atomic E-state index is 2.71. The van der Waals surface area contributed by atoms with Crippen molar-refractivity contribution in [3.63, 3.8) is 0 Å². The van der Waals surface area contributed by atoms with Gasteiger partial charge in [-0.3, -0.25) is 9.57 Å². The van der Waals surface area contributed by atoms with Crippen LogP contribution in [0, 0.1) is 0 Å². The Morgan fingerprint density at radius 3 is 2.50 bits per heavy atom. The average Bonchev–Trinajstić information content (AvgIpc) is 1.85. The summed E-state index contributed by atoms with van der Waals surface area (Å²) in [6.07, 6.45) is 4.08. The third-order valence-corrected chi connectivity index (χ3v) is 2.17. The summed E-state index contributed by atoms with van der Waals surface area (Å²) in [7, 11) is 2.71. The van der Waals surface area contributed by atoms with Gasteiger partial charge in [0.2, 0.25) is 0 Å². The van der Waals surface area contributed by atoms with Crippen LogP contribution in [0.3, 0.4) is 0 Å². The van der Waals surface area contributed by atoms with Gasteiger partial charge in [0.15, 0.2) is 0 Å². The Kier molecular flexibility index (Phi) is 3.61.